The number of aryl methyl sites for hydroxylation is 1. The second-order valence-corrected chi connectivity index (χ2v) is 7.87. The Morgan fingerprint density at radius 1 is 1.17 bits per heavy atom. The van der Waals surface area contributed by atoms with Crippen molar-refractivity contribution in [2.24, 2.45) is 0 Å². The third kappa shape index (κ3) is 4.62. The van der Waals surface area contributed by atoms with E-state index in [-0.39, 0.29) is 5.91 Å². The van der Waals surface area contributed by atoms with Gasteiger partial charge in [-0.15, -0.1) is 0 Å². The van der Waals surface area contributed by atoms with Crippen LogP contribution >= 0.6 is 11.6 Å². The molecule has 1 saturated carbocycles. The van der Waals surface area contributed by atoms with E-state index in [1.54, 1.807) is 6.20 Å². The second kappa shape index (κ2) is 8.70. The maximum absolute atomic E-state index is 12.8. The molecule has 5 nitrogen and oxygen atoms in total. The largest absolute Gasteiger partial charge is 0.385 e. The zero-order valence-electron chi connectivity index (χ0n) is 16.5. The van der Waals surface area contributed by atoms with E-state index < -0.39 is 0 Å². The maximum atomic E-state index is 12.8. The molecule has 0 aliphatic heterocycles. The van der Waals surface area contributed by atoms with Crippen LogP contribution in [0.2, 0.25) is 5.02 Å². The molecule has 2 N–H and O–H groups in total. The Bertz CT molecular complexity index is 995. The normalized spacial score (nSPS) is 13.3. The summed E-state index contributed by atoms with van der Waals surface area (Å²) in [6, 6.07) is 16.0. The van der Waals surface area contributed by atoms with Crippen molar-refractivity contribution >= 4 is 23.2 Å². The van der Waals surface area contributed by atoms with Crippen molar-refractivity contribution in [2.45, 2.75) is 32.1 Å². The lowest BCUT2D eigenvalue weighted by atomic mass is 10.1. The van der Waals surface area contributed by atoms with Gasteiger partial charge in [-0.25, -0.2) is 4.68 Å². The highest BCUT2D eigenvalue weighted by Crippen LogP contribution is 2.42. The number of anilines is 1. The molecular weight excluding hydrogens is 384 g/mol. The van der Waals surface area contributed by atoms with Crippen LogP contribution in [0.4, 0.5) is 5.69 Å². The minimum atomic E-state index is -0.0592. The Kier molecular flexibility index (Phi) is 5.86. The molecule has 29 heavy (non-hydrogen) atoms. The first-order valence-corrected chi connectivity index (χ1v) is 10.4. The fourth-order valence-corrected chi connectivity index (χ4v) is 3.55. The number of halogens is 1. The third-order valence-corrected chi connectivity index (χ3v) is 5.56. The number of benzene rings is 2. The van der Waals surface area contributed by atoms with Crippen LogP contribution in [0.3, 0.4) is 0 Å². The lowest BCUT2D eigenvalue weighted by molar-refractivity contribution is 0.0952. The molecule has 1 amide bonds. The van der Waals surface area contributed by atoms with Crippen molar-refractivity contribution in [3.8, 4) is 5.69 Å². The topological polar surface area (TPSA) is 59.0 Å². The van der Waals surface area contributed by atoms with E-state index in [1.807, 2.05) is 60.1 Å². The molecular formula is C23H25ClN4O. The predicted octanol–water partition coefficient (Wildman–Crippen LogP) is 4.94. The van der Waals surface area contributed by atoms with Gasteiger partial charge < -0.3 is 10.6 Å². The smallest absolute Gasteiger partial charge is 0.254 e. The van der Waals surface area contributed by atoms with E-state index in [9.17, 15) is 4.79 Å². The quantitative estimate of drug-likeness (QED) is 0.519. The minimum absolute atomic E-state index is 0.0592. The number of carbonyl (C=O) groups is 1. The second-order valence-electron chi connectivity index (χ2n) is 7.47. The number of hydrogen-bond acceptors (Lipinski definition) is 3. The molecule has 1 aromatic heterocycles. The fourth-order valence-electron chi connectivity index (χ4n) is 3.38. The Balaban J connectivity index is 1.39. The van der Waals surface area contributed by atoms with Gasteiger partial charge in [0.25, 0.3) is 5.91 Å². The van der Waals surface area contributed by atoms with Crippen molar-refractivity contribution in [3.05, 3.63) is 76.6 Å². The fraction of sp³-hybridized carbons (Fsp3) is 0.304. The van der Waals surface area contributed by atoms with E-state index in [0.717, 1.165) is 48.4 Å². The van der Waals surface area contributed by atoms with Gasteiger partial charge in [-0.3, -0.25) is 4.79 Å². The summed E-state index contributed by atoms with van der Waals surface area (Å²) < 4.78 is 1.87. The number of nitrogens with one attached hydrogen (secondary N) is 2. The van der Waals surface area contributed by atoms with Crippen LogP contribution in [0.5, 0.6) is 0 Å². The number of carbonyl (C=O) groups excluding carboxylic acids is 1. The van der Waals surface area contributed by atoms with Crippen LogP contribution in [0.15, 0.2) is 54.7 Å². The molecule has 0 radical (unpaired) electrons. The van der Waals surface area contributed by atoms with Gasteiger partial charge in [-0.2, -0.15) is 5.10 Å². The van der Waals surface area contributed by atoms with Crippen molar-refractivity contribution < 1.29 is 4.79 Å². The number of para-hydroxylation sites is 1. The first-order chi connectivity index (χ1) is 14.1. The third-order valence-electron chi connectivity index (χ3n) is 5.16. The molecule has 0 atom stereocenters. The summed E-state index contributed by atoms with van der Waals surface area (Å²) in [6.07, 6.45) is 4.71. The molecule has 0 spiro atoms. The van der Waals surface area contributed by atoms with Gasteiger partial charge in [0, 0.05) is 29.7 Å². The van der Waals surface area contributed by atoms with E-state index in [0.29, 0.717) is 23.0 Å². The molecule has 6 heteroatoms. The van der Waals surface area contributed by atoms with Crippen molar-refractivity contribution in [1.82, 2.24) is 15.1 Å². The van der Waals surface area contributed by atoms with Gasteiger partial charge in [-0.05, 0) is 56.0 Å². The first-order valence-electron chi connectivity index (χ1n) is 10.0. The van der Waals surface area contributed by atoms with Crippen LogP contribution in [0.25, 0.3) is 5.69 Å². The Hall–Kier alpha value is -2.79. The summed E-state index contributed by atoms with van der Waals surface area (Å²) in [6.45, 7) is 3.40. The van der Waals surface area contributed by atoms with E-state index in [4.69, 9.17) is 11.6 Å². The van der Waals surface area contributed by atoms with Crippen LogP contribution in [-0.2, 0) is 0 Å². The summed E-state index contributed by atoms with van der Waals surface area (Å²) in [7, 11) is 0. The van der Waals surface area contributed by atoms with Gasteiger partial charge in [0.2, 0.25) is 0 Å². The Morgan fingerprint density at radius 2 is 1.97 bits per heavy atom. The lowest BCUT2D eigenvalue weighted by Crippen LogP contribution is -2.26. The van der Waals surface area contributed by atoms with Gasteiger partial charge in [0.15, 0.2) is 0 Å². The molecule has 3 aromatic rings. The summed E-state index contributed by atoms with van der Waals surface area (Å²) in [5.74, 6) is 0.328. The first kappa shape index (κ1) is 19.5. The molecule has 0 unspecified atom stereocenters. The highest BCUT2D eigenvalue weighted by atomic mass is 35.5. The monoisotopic (exact) mass is 408 g/mol. The predicted molar refractivity (Wildman–Crippen MR) is 117 cm³/mol. The molecule has 1 aliphatic rings. The lowest BCUT2D eigenvalue weighted by Gasteiger charge is -2.11. The molecule has 1 aliphatic carbocycles. The molecule has 0 saturated heterocycles. The summed E-state index contributed by atoms with van der Waals surface area (Å²) in [4.78, 5) is 12.8. The van der Waals surface area contributed by atoms with Crippen LogP contribution in [0, 0.1) is 6.92 Å². The van der Waals surface area contributed by atoms with Gasteiger partial charge in [-0.1, -0.05) is 35.9 Å². The SMILES string of the molecule is Cc1ccc(-n2ncc(C(=O)NCCCNc3ccccc3)c2C2CC2)cc1Cl. The maximum Gasteiger partial charge on any atom is 0.254 e. The molecule has 1 fully saturated rings. The van der Waals surface area contributed by atoms with Crippen LogP contribution in [0.1, 0.15) is 46.8 Å². The van der Waals surface area contributed by atoms with Gasteiger partial charge >= 0.3 is 0 Å². The molecule has 0 bridgehead atoms. The number of aromatic nitrogens is 2. The average molecular weight is 409 g/mol. The van der Waals surface area contributed by atoms with Crippen LogP contribution in [-0.4, -0.2) is 28.8 Å². The van der Waals surface area contributed by atoms with Gasteiger partial charge in [0.1, 0.15) is 0 Å². The van der Waals surface area contributed by atoms with E-state index in [2.05, 4.69) is 15.7 Å². The zero-order valence-corrected chi connectivity index (χ0v) is 17.2. The van der Waals surface area contributed by atoms with E-state index >= 15 is 0 Å². The zero-order chi connectivity index (χ0) is 20.2. The number of nitrogens with zero attached hydrogens (tertiary/aromatic N) is 2. The van der Waals surface area contributed by atoms with Crippen molar-refractivity contribution in [1.29, 1.82) is 0 Å². The highest BCUT2D eigenvalue weighted by Gasteiger charge is 2.32. The van der Waals surface area contributed by atoms with Crippen LogP contribution < -0.4 is 10.6 Å². The Morgan fingerprint density at radius 3 is 2.69 bits per heavy atom. The molecule has 4 rings (SSSR count). The Labute approximate surface area is 176 Å². The van der Waals surface area contributed by atoms with Crippen molar-refractivity contribution in [3.63, 3.8) is 0 Å². The molecule has 2 aromatic carbocycles. The molecule has 1 heterocycles. The van der Waals surface area contributed by atoms with Crippen molar-refractivity contribution in [2.75, 3.05) is 18.4 Å². The highest BCUT2D eigenvalue weighted by molar-refractivity contribution is 6.31. The number of rotatable bonds is 8. The summed E-state index contributed by atoms with van der Waals surface area (Å²) in [5, 5.41) is 11.6. The summed E-state index contributed by atoms with van der Waals surface area (Å²) >= 11 is 6.30. The minimum Gasteiger partial charge on any atom is -0.385 e. The number of amides is 1. The summed E-state index contributed by atoms with van der Waals surface area (Å²) in [5.41, 5.74) is 4.67. The average Bonchev–Trinajstić information content (AvgIpc) is 3.48. The standard InChI is InChI=1S/C23H25ClN4O/c1-16-8-11-19(14-21(16)24)28-22(17-9-10-17)20(15-27-28)23(29)26-13-5-12-25-18-6-3-2-4-7-18/h2-4,6-8,11,14-15,17,25H,5,9-10,12-13H2,1H3,(H,26,29). The van der Waals surface area contributed by atoms with E-state index in [1.165, 1.54) is 0 Å². The molecule has 150 valence electrons. The number of hydrogen-bond donors (Lipinski definition) is 2. The van der Waals surface area contributed by atoms with Gasteiger partial charge in [0.05, 0.1) is 23.1 Å².